The van der Waals surface area contributed by atoms with Crippen LogP contribution in [-0.4, -0.2) is 40.6 Å². The highest BCUT2D eigenvalue weighted by Crippen LogP contribution is 2.41. The summed E-state index contributed by atoms with van der Waals surface area (Å²) in [5, 5.41) is 8.36. The molecule has 3 aromatic rings. The maximum atomic E-state index is 13.3. The van der Waals surface area contributed by atoms with Crippen molar-refractivity contribution in [2.24, 2.45) is 0 Å². The molecule has 2 aromatic heterocycles. The van der Waals surface area contributed by atoms with Crippen LogP contribution in [-0.2, 0) is 9.84 Å². The second-order valence-corrected chi connectivity index (χ2v) is 10.7. The first kappa shape index (κ1) is 19.2. The van der Waals surface area contributed by atoms with Crippen molar-refractivity contribution in [1.29, 1.82) is 0 Å². The molecule has 1 unspecified atom stereocenters. The molecule has 1 saturated carbocycles. The number of rotatable bonds is 4. The van der Waals surface area contributed by atoms with Crippen LogP contribution in [0.5, 0.6) is 0 Å². The summed E-state index contributed by atoms with van der Waals surface area (Å²) in [5.74, 6) is 0.403. The van der Waals surface area contributed by atoms with E-state index in [4.69, 9.17) is 4.98 Å². The van der Waals surface area contributed by atoms with E-state index in [9.17, 15) is 13.2 Å². The number of carbonyl (C=O) groups is 1. The summed E-state index contributed by atoms with van der Waals surface area (Å²) in [6.45, 7) is 3.81. The summed E-state index contributed by atoms with van der Waals surface area (Å²) < 4.78 is 25.8. The number of anilines is 1. The molecule has 8 heteroatoms. The fourth-order valence-corrected chi connectivity index (χ4v) is 5.92. The van der Waals surface area contributed by atoms with Gasteiger partial charge in [-0.3, -0.25) is 4.79 Å². The number of hydrogen-bond acceptors (Lipinski definition) is 5. The number of para-hydroxylation sites is 1. The molecule has 156 valence electrons. The van der Waals surface area contributed by atoms with Gasteiger partial charge in [0.25, 0.3) is 5.91 Å². The highest BCUT2D eigenvalue weighted by molar-refractivity contribution is 7.91. The summed E-state index contributed by atoms with van der Waals surface area (Å²) in [6, 6.07) is 9.32. The van der Waals surface area contributed by atoms with E-state index in [-0.39, 0.29) is 23.5 Å². The van der Waals surface area contributed by atoms with E-state index in [2.05, 4.69) is 10.4 Å². The number of aromatic nitrogens is 3. The lowest BCUT2D eigenvalue weighted by atomic mass is 10.1. The topological polar surface area (TPSA) is 93.9 Å². The highest BCUT2D eigenvalue weighted by Gasteiger charge is 2.34. The van der Waals surface area contributed by atoms with Gasteiger partial charge in [-0.2, -0.15) is 5.10 Å². The van der Waals surface area contributed by atoms with Gasteiger partial charge in [-0.1, -0.05) is 18.2 Å². The number of fused-ring (bicyclic) bond motifs is 1. The Morgan fingerprint density at radius 3 is 2.60 bits per heavy atom. The number of aryl methyl sites for hydroxylation is 2. The van der Waals surface area contributed by atoms with Gasteiger partial charge in [0.05, 0.1) is 34.2 Å². The Bertz CT molecular complexity index is 1280. The van der Waals surface area contributed by atoms with Crippen molar-refractivity contribution < 1.29 is 13.2 Å². The maximum Gasteiger partial charge on any atom is 0.256 e. The predicted molar refractivity (Wildman–Crippen MR) is 116 cm³/mol. The van der Waals surface area contributed by atoms with Gasteiger partial charge < -0.3 is 5.32 Å². The molecular formula is C22H24N4O3S. The number of nitrogens with zero attached hydrogens (tertiary/aromatic N) is 3. The third kappa shape index (κ3) is 3.39. The number of pyridine rings is 1. The fraction of sp³-hybridized carbons (Fsp3) is 0.409. The molecule has 1 N–H and O–H groups in total. The van der Waals surface area contributed by atoms with Crippen molar-refractivity contribution in [2.45, 2.75) is 45.1 Å². The normalized spacial score (nSPS) is 20.5. The number of benzene rings is 1. The van der Waals surface area contributed by atoms with Gasteiger partial charge in [-0.05, 0) is 50.8 Å². The summed E-state index contributed by atoms with van der Waals surface area (Å²) in [5.41, 5.74) is 4.51. The Kier molecular flexibility index (Phi) is 4.43. The molecule has 0 bridgehead atoms. The lowest BCUT2D eigenvalue weighted by Gasteiger charge is -2.12. The molecule has 1 amide bonds. The number of carbonyl (C=O) groups excluding carboxylic acids is 1. The summed E-state index contributed by atoms with van der Waals surface area (Å²) in [7, 11) is -3.06. The molecule has 5 rings (SSSR count). The minimum Gasteiger partial charge on any atom is -0.322 e. The zero-order valence-electron chi connectivity index (χ0n) is 17.1. The Morgan fingerprint density at radius 2 is 1.93 bits per heavy atom. The number of amides is 1. The number of hydrogen-bond donors (Lipinski definition) is 1. The van der Waals surface area contributed by atoms with Crippen LogP contribution in [0.15, 0.2) is 30.3 Å². The van der Waals surface area contributed by atoms with Crippen LogP contribution in [0.1, 0.15) is 58.5 Å². The average Bonchev–Trinajstić information content (AvgIpc) is 3.42. The Morgan fingerprint density at radius 1 is 1.17 bits per heavy atom. The smallest absolute Gasteiger partial charge is 0.256 e. The van der Waals surface area contributed by atoms with E-state index in [1.807, 2.05) is 44.2 Å². The predicted octanol–water partition coefficient (Wildman–Crippen LogP) is 3.54. The van der Waals surface area contributed by atoms with Crippen LogP contribution in [0.3, 0.4) is 0 Å². The third-order valence-corrected chi connectivity index (χ3v) is 7.79. The van der Waals surface area contributed by atoms with Crippen LogP contribution in [0.4, 0.5) is 5.69 Å². The SMILES string of the molecule is Cc1ccccc1NC(=O)c1cc(C2CC2)nc2c1c(C)nn2C1CCS(=O)(=O)C1. The monoisotopic (exact) mass is 424 g/mol. The van der Waals surface area contributed by atoms with E-state index < -0.39 is 9.84 Å². The minimum absolute atomic E-state index is 0.0727. The lowest BCUT2D eigenvalue weighted by molar-refractivity contribution is 0.102. The quantitative estimate of drug-likeness (QED) is 0.691. The first-order valence-electron chi connectivity index (χ1n) is 10.3. The van der Waals surface area contributed by atoms with Gasteiger partial charge in [-0.15, -0.1) is 0 Å². The van der Waals surface area contributed by atoms with Gasteiger partial charge in [0.2, 0.25) is 0 Å². The molecule has 7 nitrogen and oxygen atoms in total. The fourth-order valence-electron chi connectivity index (χ4n) is 4.23. The zero-order valence-corrected chi connectivity index (χ0v) is 17.9. The van der Waals surface area contributed by atoms with Crippen molar-refractivity contribution in [3.8, 4) is 0 Å². The molecular weight excluding hydrogens is 400 g/mol. The van der Waals surface area contributed by atoms with E-state index in [1.165, 1.54) is 0 Å². The molecule has 0 spiro atoms. The Hall–Kier alpha value is -2.74. The van der Waals surface area contributed by atoms with Crippen molar-refractivity contribution in [3.63, 3.8) is 0 Å². The average molecular weight is 425 g/mol. The van der Waals surface area contributed by atoms with Crippen molar-refractivity contribution >= 4 is 32.5 Å². The summed E-state index contributed by atoms with van der Waals surface area (Å²) in [4.78, 5) is 18.1. The van der Waals surface area contributed by atoms with Crippen molar-refractivity contribution in [1.82, 2.24) is 14.8 Å². The van der Waals surface area contributed by atoms with Crippen molar-refractivity contribution in [2.75, 3.05) is 16.8 Å². The molecule has 1 atom stereocenters. The first-order valence-corrected chi connectivity index (χ1v) is 12.1. The molecule has 1 aromatic carbocycles. The lowest BCUT2D eigenvalue weighted by Crippen LogP contribution is -2.15. The van der Waals surface area contributed by atoms with Gasteiger partial charge in [0, 0.05) is 17.3 Å². The standard InChI is InChI=1S/C22H24N4O3S/c1-13-5-3-4-6-18(13)24-22(27)17-11-19(15-7-8-15)23-21-20(17)14(2)25-26(21)16-9-10-30(28,29)12-16/h3-6,11,15-16H,7-10,12H2,1-2H3,(H,24,27). The van der Waals surface area contributed by atoms with E-state index in [1.54, 1.807) is 4.68 Å². The largest absolute Gasteiger partial charge is 0.322 e. The van der Waals surface area contributed by atoms with E-state index >= 15 is 0 Å². The molecule has 0 radical (unpaired) electrons. The van der Waals surface area contributed by atoms with Crippen LogP contribution in [0.2, 0.25) is 0 Å². The maximum absolute atomic E-state index is 13.3. The van der Waals surface area contributed by atoms with Gasteiger partial charge in [-0.25, -0.2) is 18.1 Å². The van der Waals surface area contributed by atoms with Crippen LogP contribution in [0, 0.1) is 13.8 Å². The van der Waals surface area contributed by atoms with Crippen LogP contribution < -0.4 is 5.32 Å². The molecule has 1 aliphatic heterocycles. The second-order valence-electron chi connectivity index (χ2n) is 8.42. The molecule has 1 aliphatic carbocycles. The molecule has 30 heavy (non-hydrogen) atoms. The van der Waals surface area contributed by atoms with Gasteiger partial charge >= 0.3 is 0 Å². The first-order chi connectivity index (χ1) is 14.3. The van der Waals surface area contributed by atoms with Gasteiger partial charge in [0.15, 0.2) is 15.5 Å². The molecule has 2 aliphatic rings. The zero-order chi connectivity index (χ0) is 21.0. The minimum atomic E-state index is -3.06. The van der Waals surface area contributed by atoms with Crippen LogP contribution >= 0.6 is 0 Å². The Balaban J connectivity index is 1.63. The van der Waals surface area contributed by atoms with E-state index in [0.717, 1.165) is 29.8 Å². The number of sulfone groups is 1. The van der Waals surface area contributed by atoms with E-state index in [0.29, 0.717) is 34.6 Å². The Labute approximate surface area is 175 Å². The molecule has 1 saturated heterocycles. The third-order valence-electron chi connectivity index (χ3n) is 6.04. The van der Waals surface area contributed by atoms with Crippen molar-refractivity contribution in [3.05, 3.63) is 52.8 Å². The molecule has 3 heterocycles. The molecule has 2 fully saturated rings. The number of nitrogens with one attached hydrogen (secondary N) is 1. The van der Waals surface area contributed by atoms with Crippen LogP contribution in [0.25, 0.3) is 11.0 Å². The second kappa shape index (κ2) is 6.91. The van der Waals surface area contributed by atoms with Gasteiger partial charge in [0.1, 0.15) is 0 Å². The highest BCUT2D eigenvalue weighted by atomic mass is 32.2. The summed E-state index contributed by atoms with van der Waals surface area (Å²) in [6.07, 6.45) is 2.64. The summed E-state index contributed by atoms with van der Waals surface area (Å²) >= 11 is 0.